The van der Waals surface area contributed by atoms with Crippen LogP contribution in [0, 0.1) is 0 Å². The predicted octanol–water partition coefficient (Wildman–Crippen LogP) is 2.66. The van der Waals surface area contributed by atoms with Gasteiger partial charge in [0.15, 0.2) is 6.29 Å². The molecule has 2 rings (SSSR count). The third-order valence-electron chi connectivity index (χ3n) is 2.49. The summed E-state index contributed by atoms with van der Waals surface area (Å²) in [7, 11) is 0. The van der Waals surface area contributed by atoms with Crippen LogP contribution in [0.4, 0.5) is 0 Å². The van der Waals surface area contributed by atoms with E-state index in [1.165, 1.54) is 6.42 Å². The smallest absolute Gasteiger partial charge is 0.157 e. The maximum Gasteiger partial charge on any atom is 0.157 e. The minimum Gasteiger partial charge on any atom is -0.491 e. The van der Waals surface area contributed by atoms with E-state index in [4.69, 9.17) is 25.8 Å². The molecule has 1 aromatic rings. The molecule has 0 aromatic carbocycles. The SMILES string of the molecule is Clc1cc(OCCOC2CCCCO2)ccn1. The Labute approximate surface area is 106 Å². The molecule has 0 N–H and O–H groups in total. The van der Waals surface area contributed by atoms with Crippen molar-refractivity contribution in [2.45, 2.75) is 25.6 Å². The van der Waals surface area contributed by atoms with Gasteiger partial charge in [-0.2, -0.15) is 0 Å². The standard InChI is InChI=1S/C12H16ClNO3/c13-11-9-10(4-5-14-11)15-7-8-17-12-3-1-2-6-16-12/h4-5,9,12H,1-3,6-8H2. The summed E-state index contributed by atoms with van der Waals surface area (Å²) in [6, 6.07) is 3.45. The van der Waals surface area contributed by atoms with E-state index in [-0.39, 0.29) is 6.29 Å². The minimum atomic E-state index is -0.0617. The number of hydrogen-bond donors (Lipinski definition) is 0. The second kappa shape index (κ2) is 6.79. The highest BCUT2D eigenvalue weighted by Crippen LogP contribution is 2.15. The predicted molar refractivity (Wildman–Crippen MR) is 64.3 cm³/mol. The van der Waals surface area contributed by atoms with Gasteiger partial charge >= 0.3 is 0 Å². The molecule has 94 valence electrons. The number of halogens is 1. The number of aromatic nitrogens is 1. The average molecular weight is 258 g/mol. The summed E-state index contributed by atoms with van der Waals surface area (Å²) in [6.07, 6.45) is 4.83. The molecular weight excluding hydrogens is 242 g/mol. The first-order valence-electron chi connectivity index (χ1n) is 5.82. The maximum absolute atomic E-state index is 5.74. The first-order valence-corrected chi connectivity index (χ1v) is 6.20. The molecule has 1 unspecified atom stereocenters. The molecule has 1 saturated heterocycles. The first-order chi connectivity index (χ1) is 8.34. The van der Waals surface area contributed by atoms with Gasteiger partial charge in [0.05, 0.1) is 6.61 Å². The molecule has 0 amide bonds. The lowest BCUT2D eigenvalue weighted by Crippen LogP contribution is -2.24. The Morgan fingerprint density at radius 3 is 3.12 bits per heavy atom. The summed E-state index contributed by atoms with van der Waals surface area (Å²) in [5.41, 5.74) is 0. The van der Waals surface area contributed by atoms with Gasteiger partial charge in [-0.3, -0.25) is 0 Å². The van der Waals surface area contributed by atoms with Gasteiger partial charge in [0.2, 0.25) is 0 Å². The summed E-state index contributed by atoms with van der Waals surface area (Å²) in [4.78, 5) is 3.88. The topological polar surface area (TPSA) is 40.6 Å². The second-order valence-corrected chi connectivity index (χ2v) is 4.22. The van der Waals surface area contributed by atoms with Gasteiger partial charge in [-0.1, -0.05) is 11.6 Å². The highest BCUT2D eigenvalue weighted by molar-refractivity contribution is 6.29. The van der Waals surface area contributed by atoms with Gasteiger partial charge in [0.25, 0.3) is 0 Å². The van der Waals surface area contributed by atoms with Gasteiger partial charge in [0, 0.05) is 18.9 Å². The molecule has 0 bridgehead atoms. The van der Waals surface area contributed by atoms with Crippen molar-refractivity contribution < 1.29 is 14.2 Å². The zero-order valence-corrected chi connectivity index (χ0v) is 10.4. The summed E-state index contributed by atoms with van der Waals surface area (Å²) in [5.74, 6) is 0.707. The van der Waals surface area contributed by atoms with Crippen LogP contribution in [0.25, 0.3) is 0 Å². The number of hydrogen-bond acceptors (Lipinski definition) is 4. The molecule has 1 aromatic heterocycles. The summed E-state index contributed by atoms with van der Waals surface area (Å²) < 4.78 is 16.5. The summed E-state index contributed by atoms with van der Waals surface area (Å²) >= 11 is 5.74. The number of rotatable bonds is 5. The zero-order valence-electron chi connectivity index (χ0n) is 9.60. The quantitative estimate of drug-likeness (QED) is 0.601. The molecule has 0 spiro atoms. The molecule has 4 nitrogen and oxygen atoms in total. The Bertz CT molecular complexity index is 342. The molecule has 5 heteroatoms. The van der Waals surface area contributed by atoms with Crippen LogP contribution >= 0.6 is 11.6 Å². The van der Waals surface area contributed by atoms with Crippen LogP contribution in [-0.2, 0) is 9.47 Å². The molecule has 0 radical (unpaired) electrons. The van der Waals surface area contributed by atoms with Crippen LogP contribution in [-0.4, -0.2) is 31.1 Å². The molecule has 1 atom stereocenters. The lowest BCUT2D eigenvalue weighted by atomic mass is 10.2. The van der Waals surface area contributed by atoms with Gasteiger partial charge in [-0.25, -0.2) is 4.98 Å². The lowest BCUT2D eigenvalue weighted by molar-refractivity contribution is -0.165. The van der Waals surface area contributed by atoms with E-state index in [0.29, 0.717) is 24.1 Å². The molecule has 2 heterocycles. The monoisotopic (exact) mass is 257 g/mol. The van der Waals surface area contributed by atoms with Gasteiger partial charge < -0.3 is 14.2 Å². The Morgan fingerprint density at radius 1 is 1.41 bits per heavy atom. The third-order valence-corrected chi connectivity index (χ3v) is 2.70. The number of pyridine rings is 1. The second-order valence-electron chi connectivity index (χ2n) is 3.83. The Hall–Kier alpha value is -0.840. The highest BCUT2D eigenvalue weighted by atomic mass is 35.5. The van der Waals surface area contributed by atoms with Crippen molar-refractivity contribution in [1.82, 2.24) is 4.98 Å². The van der Waals surface area contributed by atoms with Crippen molar-refractivity contribution in [2.75, 3.05) is 19.8 Å². The zero-order chi connectivity index (χ0) is 11.9. The van der Waals surface area contributed by atoms with Crippen molar-refractivity contribution in [3.63, 3.8) is 0 Å². The van der Waals surface area contributed by atoms with Gasteiger partial charge in [-0.15, -0.1) is 0 Å². The van der Waals surface area contributed by atoms with Gasteiger partial charge in [0.1, 0.15) is 17.5 Å². The van der Waals surface area contributed by atoms with Crippen LogP contribution in [0.2, 0.25) is 5.15 Å². The molecule has 1 fully saturated rings. The van der Waals surface area contributed by atoms with Gasteiger partial charge in [-0.05, 0) is 25.3 Å². The minimum absolute atomic E-state index is 0.0617. The largest absolute Gasteiger partial charge is 0.491 e. The molecule has 0 saturated carbocycles. The summed E-state index contributed by atoms with van der Waals surface area (Å²) in [6.45, 7) is 1.80. The Kier molecular flexibility index (Phi) is 5.04. The van der Waals surface area contributed by atoms with E-state index in [1.807, 2.05) is 0 Å². The van der Waals surface area contributed by atoms with Crippen molar-refractivity contribution in [2.24, 2.45) is 0 Å². The molecular formula is C12H16ClNO3. The Morgan fingerprint density at radius 2 is 2.35 bits per heavy atom. The van der Waals surface area contributed by atoms with Crippen LogP contribution in [0.3, 0.4) is 0 Å². The summed E-state index contributed by atoms with van der Waals surface area (Å²) in [5, 5.41) is 0.430. The Balaban J connectivity index is 1.62. The van der Waals surface area contributed by atoms with Crippen molar-refractivity contribution in [3.8, 4) is 5.75 Å². The van der Waals surface area contributed by atoms with Crippen LogP contribution in [0.1, 0.15) is 19.3 Å². The fourth-order valence-corrected chi connectivity index (χ4v) is 1.82. The maximum atomic E-state index is 5.74. The molecule has 0 aliphatic carbocycles. The van der Waals surface area contributed by atoms with E-state index in [1.54, 1.807) is 18.3 Å². The third kappa shape index (κ3) is 4.50. The van der Waals surface area contributed by atoms with Crippen LogP contribution < -0.4 is 4.74 Å². The lowest BCUT2D eigenvalue weighted by Gasteiger charge is -2.22. The first kappa shape index (κ1) is 12.6. The van der Waals surface area contributed by atoms with Crippen molar-refractivity contribution in [3.05, 3.63) is 23.5 Å². The van der Waals surface area contributed by atoms with Crippen molar-refractivity contribution >= 4 is 11.6 Å². The number of nitrogens with zero attached hydrogens (tertiary/aromatic N) is 1. The fraction of sp³-hybridized carbons (Fsp3) is 0.583. The van der Waals surface area contributed by atoms with Crippen LogP contribution in [0.15, 0.2) is 18.3 Å². The molecule has 1 aliphatic rings. The van der Waals surface area contributed by atoms with E-state index < -0.39 is 0 Å². The van der Waals surface area contributed by atoms with Crippen LogP contribution in [0.5, 0.6) is 5.75 Å². The van der Waals surface area contributed by atoms with Crippen molar-refractivity contribution in [1.29, 1.82) is 0 Å². The number of ether oxygens (including phenoxy) is 3. The van der Waals surface area contributed by atoms with E-state index in [0.717, 1.165) is 19.4 Å². The average Bonchev–Trinajstić information content (AvgIpc) is 2.36. The highest BCUT2D eigenvalue weighted by Gasteiger charge is 2.13. The van der Waals surface area contributed by atoms with E-state index in [2.05, 4.69) is 4.98 Å². The normalized spacial score (nSPS) is 20.2. The van der Waals surface area contributed by atoms with E-state index in [9.17, 15) is 0 Å². The molecule has 1 aliphatic heterocycles. The fourth-order valence-electron chi connectivity index (χ4n) is 1.66. The van der Waals surface area contributed by atoms with E-state index >= 15 is 0 Å². The molecule has 17 heavy (non-hydrogen) atoms.